The summed E-state index contributed by atoms with van der Waals surface area (Å²) in [5, 5.41) is 24.0. The number of hydrogen-bond acceptors (Lipinski definition) is 13. The van der Waals surface area contributed by atoms with Gasteiger partial charge in [-0.15, -0.1) is 0 Å². The molecule has 0 amide bonds. The maximum absolute atomic E-state index is 14.0. The lowest BCUT2D eigenvalue weighted by atomic mass is 9.84. The summed E-state index contributed by atoms with van der Waals surface area (Å²) in [5.74, 6) is -0.389. The molecule has 1 aliphatic heterocycles. The Kier molecular flexibility index (Phi) is 9.34. The molecule has 4 N–H and O–H groups in total. The van der Waals surface area contributed by atoms with Crippen molar-refractivity contribution in [1.82, 2.24) is 24.6 Å². The number of nitrogen functional groups attached to an aromatic ring is 1. The Bertz CT molecular complexity index is 1500. The molecule has 1 saturated heterocycles. The number of carbonyl (C=O) groups is 1. The van der Waals surface area contributed by atoms with E-state index >= 15 is 0 Å². The van der Waals surface area contributed by atoms with Crippen molar-refractivity contribution in [3.05, 3.63) is 36.7 Å². The summed E-state index contributed by atoms with van der Waals surface area (Å²) in [6.45, 7) is 6.13. The molecule has 3 heterocycles. The third kappa shape index (κ3) is 6.33. The average molecular weight is 604 g/mol. The van der Waals surface area contributed by atoms with E-state index < -0.39 is 56.3 Å². The molecular weight excluding hydrogens is 569 g/mol. The Hall–Kier alpha value is -3.80. The molecule has 6 atom stereocenters. The van der Waals surface area contributed by atoms with E-state index in [0.29, 0.717) is 0 Å². The number of anilines is 1. The number of rotatable bonds is 12. The van der Waals surface area contributed by atoms with Crippen molar-refractivity contribution in [3.8, 4) is 17.7 Å². The Morgan fingerprint density at radius 3 is 2.67 bits per heavy atom. The third-order valence-electron chi connectivity index (χ3n) is 6.61. The molecule has 2 aromatic heterocycles. The van der Waals surface area contributed by atoms with E-state index in [1.807, 2.05) is 0 Å². The molecule has 3 aromatic rings. The summed E-state index contributed by atoms with van der Waals surface area (Å²) in [6.07, 6.45) is -2.49. The molecule has 4 rings (SSSR count). The molecule has 1 fully saturated rings. The molecule has 42 heavy (non-hydrogen) atoms. The van der Waals surface area contributed by atoms with Gasteiger partial charge < -0.3 is 29.6 Å². The molecule has 6 unspecified atom stereocenters. The smallest absolute Gasteiger partial charge is 0.459 e. The first-order valence-electron chi connectivity index (χ1n) is 13.2. The number of ether oxygens (including phenoxy) is 3. The van der Waals surface area contributed by atoms with Crippen LogP contribution in [0.2, 0.25) is 0 Å². The fraction of sp³-hybridized carbons (Fsp3) is 0.500. The number of aliphatic hydroxyl groups is 1. The van der Waals surface area contributed by atoms with Gasteiger partial charge in [0.25, 0.3) is 0 Å². The predicted molar refractivity (Wildman–Crippen MR) is 149 cm³/mol. The zero-order chi connectivity index (χ0) is 30.7. The molecule has 1 aromatic carbocycles. The maximum atomic E-state index is 14.0. The van der Waals surface area contributed by atoms with Crippen LogP contribution in [0, 0.1) is 16.7 Å². The van der Waals surface area contributed by atoms with Crippen LogP contribution in [0.5, 0.6) is 11.6 Å². The molecule has 0 spiro atoms. The number of aliphatic hydroxyl groups excluding tert-OH is 1. The van der Waals surface area contributed by atoms with Crippen molar-refractivity contribution in [2.75, 3.05) is 19.5 Å². The molecule has 0 bridgehead atoms. The summed E-state index contributed by atoms with van der Waals surface area (Å²) in [6, 6.07) is 9.34. The fourth-order valence-corrected chi connectivity index (χ4v) is 6.03. The van der Waals surface area contributed by atoms with E-state index in [4.69, 9.17) is 29.0 Å². The standard InChI is InChI=1S/C26H34N7O8P/c1-6-17(23(35)39-15(2)3)32-42(36,41-16-10-8-7-9-11-16)38-12-18-20(34)26(4,13-27)24(40-18)33-14-29-19-21(33)30-25(28)31-22(19)37-5/h7-11,14-15,17-18,20,24,34H,6,12H2,1-5H3,(H,32,36)(H2,28,30,31). The van der Waals surface area contributed by atoms with Crippen molar-refractivity contribution in [3.63, 3.8) is 0 Å². The molecule has 1 aliphatic rings. The minimum atomic E-state index is -4.27. The van der Waals surface area contributed by atoms with Gasteiger partial charge in [0.2, 0.25) is 11.8 Å². The number of nitriles is 1. The Morgan fingerprint density at radius 1 is 1.33 bits per heavy atom. The van der Waals surface area contributed by atoms with Gasteiger partial charge >= 0.3 is 13.7 Å². The minimum absolute atomic E-state index is 0.0928. The van der Waals surface area contributed by atoms with Crippen LogP contribution < -0.4 is 20.1 Å². The number of para-hydroxylation sites is 1. The zero-order valence-electron chi connectivity index (χ0n) is 23.8. The normalized spacial score (nSPS) is 24.2. The molecule has 226 valence electrons. The van der Waals surface area contributed by atoms with E-state index in [1.165, 1.54) is 24.9 Å². The van der Waals surface area contributed by atoms with E-state index in [-0.39, 0.29) is 35.2 Å². The third-order valence-corrected chi connectivity index (χ3v) is 8.18. The highest BCUT2D eigenvalue weighted by Gasteiger charge is 2.56. The lowest BCUT2D eigenvalue weighted by Gasteiger charge is -2.26. The quantitative estimate of drug-likeness (QED) is 0.201. The number of fused-ring (bicyclic) bond motifs is 1. The van der Waals surface area contributed by atoms with Crippen molar-refractivity contribution in [1.29, 1.82) is 5.26 Å². The monoisotopic (exact) mass is 603 g/mol. The van der Waals surface area contributed by atoms with Crippen LogP contribution in [0.4, 0.5) is 5.95 Å². The second-order valence-electron chi connectivity index (χ2n) is 10.1. The highest BCUT2D eigenvalue weighted by molar-refractivity contribution is 7.52. The van der Waals surface area contributed by atoms with Crippen molar-refractivity contribution < 1.29 is 37.7 Å². The van der Waals surface area contributed by atoms with Crippen LogP contribution in [0.3, 0.4) is 0 Å². The number of nitrogens with two attached hydrogens (primary N) is 1. The summed E-state index contributed by atoms with van der Waals surface area (Å²) in [4.78, 5) is 25.1. The number of aromatic nitrogens is 4. The van der Waals surface area contributed by atoms with Crippen molar-refractivity contribution in [2.24, 2.45) is 5.41 Å². The topological polar surface area (TPSA) is 206 Å². The van der Waals surface area contributed by atoms with Gasteiger partial charge in [-0.1, -0.05) is 25.1 Å². The Morgan fingerprint density at radius 2 is 2.05 bits per heavy atom. The fourth-order valence-electron chi connectivity index (χ4n) is 4.44. The SMILES string of the molecule is CCC(NP(=O)(OCC1OC(n2cnc3c(OC)nc(N)nc32)C(C)(C#N)C1O)Oc1ccccc1)C(=O)OC(C)C. The van der Waals surface area contributed by atoms with Crippen LogP contribution in [-0.2, 0) is 23.4 Å². The lowest BCUT2D eigenvalue weighted by molar-refractivity contribution is -0.149. The number of hydrogen-bond donors (Lipinski definition) is 3. The lowest BCUT2D eigenvalue weighted by Crippen LogP contribution is -2.40. The molecule has 16 heteroatoms. The van der Waals surface area contributed by atoms with Crippen molar-refractivity contribution in [2.45, 2.75) is 64.7 Å². The first-order valence-corrected chi connectivity index (χ1v) is 14.7. The Labute approximate surface area is 242 Å². The molecular formula is C26H34N7O8P. The molecule has 15 nitrogen and oxygen atoms in total. The van der Waals surface area contributed by atoms with Crippen LogP contribution in [0.1, 0.15) is 40.3 Å². The number of esters is 1. The van der Waals surface area contributed by atoms with Crippen LogP contribution in [-0.4, -0.2) is 68.7 Å². The second kappa shape index (κ2) is 12.6. The van der Waals surface area contributed by atoms with E-state index in [0.717, 1.165) is 0 Å². The number of nitrogens with zero attached hydrogens (tertiary/aromatic N) is 5. The van der Waals surface area contributed by atoms with Gasteiger partial charge in [-0.05, 0) is 39.3 Å². The first kappa shape index (κ1) is 31.1. The number of nitrogens with one attached hydrogen (secondary N) is 1. The minimum Gasteiger partial charge on any atom is -0.479 e. The van der Waals surface area contributed by atoms with E-state index in [9.17, 15) is 19.7 Å². The Balaban J connectivity index is 1.61. The number of imidazole rings is 1. The van der Waals surface area contributed by atoms with Gasteiger partial charge in [-0.2, -0.15) is 20.3 Å². The average Bonchev–Trinajstić information content (AvgIpc) is 3.48. The van der Waals surface area contributed by atoms with Gasteiger partial charge in [0.1, 0.15) is 29.4 Å². The number of methoxy groups -OCH3 is 1. The summed E-state index contributed by atoms with van der Waals surface area (Å²) < 4.78 is 43.5. The van der Waals surface area contributed by atoms with Gasteiger partial charge in [-0.3, -0.25) is 13.9 Å². The largest absolute Gasteiger partial charge is 0.479 e. The second-order valence-corrected chi connectivity index (χ2v) is 11.7. The van der Waals surface area contributed by atoms with Gasteiger partial charge in [0.05, 0.1) is 32.2 Å². The van der Waals surface area contributed by atoms with Crippen LogP contribution in [0.25, 0.3) is 11.2 Å². The molecule has 0 saturated carbocycles. The van der Waals surface area contributed by atoms with Gasteiger partial charge in [0, 0.05) is 0 Å². The molecule has 0 radical (unpaired) electrons. The predicted octanol–water partition coefficient (Wildman–Crippen LogP) is 2.73. The van der Waals surface area contributed by atoms with Crippen molar-refractivity contribution >= 4 is 30.8 Å². The first-order chi connectivity index (χ1) is 19.9. The van der Waals surface area contributed by atoms with Crippen LogP contribution in [0.15, 0.2) is 36.7 Å². The highest BCUT2D eigenvalue weighted by Crippen LogP contribution is 2.49. The van der Waals surface area contributed by atoms with Gasteiger partial charge in [0.15, 0.2) is 17.4 Å². The highest BCUT2D eigenvalue weighted by atomic mass is 31.2. The zero-order valence-corrected chi connectivity index (χ0v) is 24.7. The van der Waals surface area contributed by atoms with E-state index in [2.05, 4.69) is 26.1 Å². The van der Waals surface area contributed by atoms with Crippen LogP contribution >= 0.6 is 7.75 Å². The van der Waals surface area contributed by atoms with Gasteiger partial charge in [-0.25, -0.2) is 9.55 Å². The van der Waals surface area contributed by atoms with E-state index in [1.54, 1.807) is 51.1 Å². The summed E-state index contributed by atoms with van der Waals surface area (Å²) >= 11 is 0. The molecule has 0 aliphatic carbocycles. The summed E-state index contributed by atoms with van der Waals surface area (Å²) in [7, 11) is -2.87. The maximum Gasteiger partial charge on any atom is 0.459 e. The summed E-state index contributed by atoms with van der Waals surface area (Å²) in [5.41, 5.74) is 4.80. The number of benzene rings is 1. The number of carbonyl (C=O) groups excluding carboxylic acids is 1.